The lowest BCUT2D eigenvalue weighted by atomic mass is 9.87. The van der Waals surface area contributed by atoms with Gasteiger partial charge in [-0.1, -0.05) is 75.2 Å². The van der Waals surface area contributed by atoms with E-state index in [1.165, 1.54) is 6.07 Å². The van der Waals surface area contributed by atoms with Crippen LogP contribution in [0.3, 0.4) is 0 Å². The molecule has 0 spiro atoms. The van der Waals surface area contributed by atoms with Crippen LogP contribution in [0.5, 0.6) is 5.75 Å². The molecule has 3 aromatic carbocycles. The Balaban J connectivity index is 1.38. The van der Waals surface area contributed by atoms with Gasteiger partial charge in [-0.2, -0.15) is 0 Å². The van der Waals surface area contributed by atoms with Gasteiger partial charge in [-0.05, 0) is 84.4 Å². The minimum absolute atomic E-state index is 0.279. The van der Waals surface area contributed by atoms with Gasteiger partial charge in [0, 0.05) is 5.56 Å². The summed E-state index contributed by atoms with van der Waals surface area (Å²) in [6.45, 7) is 4.81. The molecule has 1 aliphatic carbocycles. The quantitative estimate of drug-likeness (QED) is 0.256. The molecule has 0 bridgehead atoms. The molecule has 190 valence electrons. The Morgan fingerprint density at radius 2 is 1.64 bits per heavy atom. The topological polar surface area (TPSA) is 9.23 Å². The molecule has 1 unspecified atom stereocenters. The first-order valence-electron chi connectivity index (χ1n) is 13.1. The number of benzene rings is 3. The Bertz CT molecular complexity index is 1200. The second-order valence-corrected chi connectivity index (χ2v) is 9.91. The highest BCUT2D eigenvalue weighted by Gasteiger charge is 2.19. The highest BCUT2D eigenvalue weighted by molar-refractivity contribution is 5.67. The summed E-state index contributed by atoms with van der Waals surface area (Å²) in [4.78, 5) is 0. The summed E-state index contributed by atoms with van der Waals surface area (Å²) in [7, 11) is 0. The molecule has 0 radical (unpaired) electrons. The molecular formula is C32H35F3O. The summed E-state index contributed by atoms with van der Waals surface area (Å²) in [5.74, 6) is -0.965. The van der Waals surface area contributed by atoms with Gasteiger partial charge in [0.15, 0.2) is 23.2 Å². The molecular weight excluding hydrogens is 457 g/mol. The molecule has 36 heavy (non-hydrogen) atoms. The van der Waals surface area contributed by atoms with Crippen molar-refractivity contribution in [2.24, 2.45) is 5.92 Å². The van der Waals surface area contributed by atoms with Crippen LogP contribution in [0.2, 0.25) is 0 Å². The van der Waals surface area contributed by atoms with Crippen LogP contribution in [0, 0.1) is 23.4 Å². The Kier molecular flexibility index (Phi) is 8.90. The Labute approximate surface area is 213 Å². The van der Waals surface area contributed by atoms with E-state index in [-0.39, 0.29) is 11.6 Å². The van der Waals surface area contributed by atoms with Crippen molar-refractivity contribution < 1.29 is 17.9 Å². The van der Waals surface area contributed by atoms with Gasteiger partial charge in [0.05, 0.1) is 6.61 Å². The van der Waals surface area contributed by atoms with Gasteiger partial charge >= 0.3 is 0 Å². The average Bonchev–Trinajstić information content (AvgIpc) is 2.89. The predicted molar refractivity (Wildman–Crippen MR) is 142 cm³/mol. The van der Waals surface area contributed by atoms with Gasteiger partial charge in [-0.3, -0.25) is 0 Å². The maximum absolute atomic E-state index is 14.8. The first-order chi connectivity index (χ1) is 17.5. The van der Waals surface area contributed by atoms with Crippen LogP contribution in [-0.4, -0.2) is 6.61 Å². The fourth-order valence-corrected chi connectivity index (χ4v) is 4.71. The number of hydrogen-bond donors (Lipinski definition) is 0. The van der Waals surface area contributed by atoms with Gasteiger partial charge in [0.2, 0.25) is 0 Å². The molecule has 0 aliphatic heterocycles. The maximum Gasteiger partial charge on any atom is 0.166 e. The molecule has 4 rings (SSSR count). The number of ether oxygens (including phenoxy) is 1. The lowest BCUT2D eigenvalue weighted by molar-refractivity contribution is 0.291. The number of unbranched alkanes of at least 4 members (excludes halogenated alkanes) is 2. The maximum atomic E-state index is 14.8. The molecule has 1 nitrogen and oxygen atoms in total. The molecule has 0 saturated heterocycles. The molecule has 1 aliphatic rings. The van der Waals surface area contributed by atoms with Crippen molar-refractivity contribution >= 4 is 5.57 Å². The zero-order valence-corrected chi connectivity index (χ0v) is 21.3. The van der Waals surface area contributed by atoms with Crippen molar-refractivity contribution in [1.29, 1.82) is 0 Å². The van der Waals surface area contributed by atoms with E-state index in [0.29, 0.717) is 36.5 Å². The molecule has 0 saturated carbocycles. The Hall–Kier alpha value is -3.01. The van der Waals surface area contributed by atoms with Gasteiger partial charge in [-0.15, -0.1) is 0 Å². The lowest BCUT2D eigenvalue weighted by Crippen LogP contribution is -2.05. The Morgan fingerprint density at radius 3 is 2.33 bits per heavy atom. The second kappa shape index (κ2) is 12.3. The summed E-state index contributed by atoms with van der Waals surface area (Å²) in [6.07, 6.45) is 8.85. The van der Waals surface area contributed by atoms with Gasteiger partial charge in [0.25, 0.3) is 0 Å². The van der Waals surface area contributed by atoms with Gasteiger partial charge in [-0.25, -0.2) is 13.2 Å². The molecule has 0 amide bonds. The summed E-state index contributed by atoms with van der Waals surface area (Å²) in [6, 6.07) is 16.3. The number of hydrogen-bond acceptors (Lipinski definition) is 1. The zero-order valence-electron chi connectivity index (χ0n) is 21.3. The van der Waals surface area contributed by atoms with Crippen molar-refractivity contribution in [3.8, 4) is 16.9 Å². The summed E-state index contributed by atoms with van der Waals surface area (Å²) in [5, 5.41) is 0. The lowest BCUT2D eigenvalue weighted by Gasteiger charge is -2.19. The first kappa shape index (κ1) is 26.1. The smallest absolute Gasteiger partial charge is 0.166 e. The van der Waals surface area contributed by atoms with Crippen LogP contribution in [0.4, 0.5) is 13.2 Å². The molecule has 0 heterocycles. The van der Waals surface area contributed by atoms with E-state index in [9.17, 15) is 13.2 Å². The van der Waals surface area contributed by atoms with Crippen molar-refractivity contribution in [2.45, 2.75) is 65.2 Å². The molecule has 4 heteroatoms. The van der Waals surface area contributed by atoms with E-state index in [0.717, 1.165) is 60.8 Å². The molecule has 0 fully saturated rings. The molecule has 3 aromatic rings. The standard InChI is InChI=1S/C32H35F3O/c1-3-4-5-20-36-30-19-17-27(21-29(30)33)24-13-8-23(9-14-24)10-15-26-16-18-28(32(35)31(26)34)25-11-6-22(2)7-12-25/h8-9,11,13-14,16-19,21-22H,3-7,10,12,15,20H2,1-2H3. The number of halogens is 3. The molecule has 0 N–H and O–H groups in total. The van der Waals surface area contributed by atoms with Crippen LogP contribution in [0.1, 0.15) is 69.1 Å². The number of allylic oxidation sites excluding steroid dienone is 2. The van der Waals surface area contributed by atoms with Crippen LogP contribution in [0.15, 0.2) is 60.7 Å². The fraction of sp³-hybridized carbons (Fsp3) is 0.375. The fourth-order valence-electron chi connectivity index (χ4n) is 4.71. The van der Waals surface area contributed by atoms with E-state index in [2.05, 4.69) is 13.8 Å². The van der Waals surface area contributed by atoms with E-state index in [1.807, 2.05) is 36.4 Å². The highest BCUT2D eigenvalue weighted by atomic mass is 19.2. The van der Waals surface area contributed by atoms with Crippen molar-refractivity contribution in [2.75, 3.05) is 6.61 Å². The first-order valence-corrected chi connectivity index (χ1v) is 13.1. The third-order valence-corrected chi connectivity index (χ3v) is 7.09. The molecule has 1 atom stereocenters. The van der Waals surface area contributed by atoms with Crippen LogP contribution in [0.25, 0.3) is 16.7 Å². The normalized spacial score (nSPS) is 15.6. The summed E-state index contributed by atoms with van der Waals surface area (Å²) >= 11 is 0. The zero-order chi connectivity index (χ0) is 25.5. The van der Waals surface area contributed by atoms with E-state index in [1.54, 1.807) is 18.2 Å². The van der Waals surface area contributed by atoms with Gasteiger partial charge in [0.1, 0.15) is 0 Å². The summed E-state index contributed by atoms with van der Waals surface area (Å²) < 4.78 is 49.7. The minimum Gasteiger partial charge on any atom is -0.491 e. The largest absolute Gasteiger partial charge is 0.491 e. The van der Waals surface area contributed by atoms with E-state index >= 15 is 0 Å². The number of aryl methyl sites for hydroxylation is 2. The highest BCUT2D eigenvalue weighted by Crippen LogP contribution is 2.33. The third-order valence-electron chi connectivity index (χ3n) is 7.09. The van der Waals surface area contributed by atoms with E-state index < -0.39 is 11.6 Å². The van der Waals surface area contributed by atoms with Gasteiger partial charge < -0.3 is 4.74 Å². The Morgan fingerprint density at radius 1 is 0.861 bits per heavy atom. The van der Waals surface area contributed by atoms with Crippen LogP contribution in [-0.2, 0) is 12.8 Å². The predicted octanol–water partition coefficient (Wildman–Crippen LogP) is 9.33. The second-order valence-electron chi connectivity index (χ2n) is 9.91. The number of rotatable bonds is 10. The van der Waals surface area contributed by atoms with Crippen molar-refractivity contribution in [3.63, 3.8) is 0 Å². The summed E-state index contributed by atoms with van der Waals surface area (Å²) in [5.41, 5.74) is 4.39. The average molecular weight is 493 g/mol. The van der Waals surface area contributed by atoms with E-state index in [4.69, 9.17) is 4.74 Å². The van der Waals surface area contributed by atoms with Crippen molar-refractivity contribution in [1.82, 2.24) is 0 Å². The monoisotopic (exact) mass is 492 g/mol. The third kappa shape index (κ3) is 6.40. The SMILES string of the molecule is CCCCCOc1ccc(-c2ccc(CCc3ccc(C4=CCC(C)CC4)c(F)c3F)cc2)cc1F. The minimum atomic E-state index is -0.740. The molecule has 0 aromatic heterocycles. The van der Waals surface area contributed by atoms with Crippen molar-refractivity contribution in [3.05, 3.63) is 94.8 Å². The van der Waals surface area contributed by atoms with Crippen LogP contribution >= 0.6 is 0 Å². The van der Waals surface area contributed by atoms with Crippen LogP contribution < -0.4 is 4.74 Å².